The number of benzene rings is 1. The maximum atomic E-state index is 6.07. The molecule has 0 saturated carbocycles. The Bertz CT molecular complexity index is 400. The van der Waals surface area contributed by atoms with Gasteiger partial charge in [-0.3, -0.25) is 0 Å². The molecular formula is C12H14Cl2O2. The van der Waals surface area contributed by atoms with Gasteiger partial charge in [0.25, 0.3) is 0 Å². The van der Waals surface area contributed by atoms with Gasteiger partial charge < -0.3 is 9.47 Å². The zero-order chi connectivity index (χ0) is 12.1. The molecule has 1 rings (SSSR count). The van der Waals surface area contributed by atoms with E-state index in [1.165, 1.54) is 0 Å². The van der Waals surface area contributed by atoms with Gasteiger partial charge in [0.1, 0.15) is 0 Å². The highest BCUT2D eigenvalue weighted by atomic mass is 35.5. The first kappa shape index (κ1) is 13.2. The predicted molar refractivity (Wildman–Crippen MR) is 68.9 cm³/mol. The van der Waals surface area contributed by atoms with Crippen molar-refractivity contribution in [2.75, 3.05) is 20.1 Å². The number of alkyl halides is 1. The summed E-state index contributed by atoms with van der Waals surface area (Å²) in [6.45, 7) is 1.96. The fourth-order valence-electron chi connectivity index (χ4n) is 1.34. The Labute approximate surface area is 106 Å². The summed E-state index contributed by atoms with van der Waals surface area (Å²) < 4.78 is 10.4. The lowest BCUT2D eigenvalue weighted by Gasteiger charge is -2.10. The molecule has 2 nitrogen and oxygen atoms in total. The van der Waals surface area contributed by atoms with Gasteiger partial charge in [0, 0.05) is 5.88 Å². The van der Waals surface area contributed by atoms with Crippen LogP contribution in [0.4, 0.5) is 0 Å². The largest absolute Gasteiger partial charge is 0.493 e. The minimum atomic E-state index is 0.492. The van der Waals surface area contributed by atoms with Gasteiger partial charge in [-0.25, -0.2) is 0 Å². The molecule has 0 aliphatic carbocycles. The summed E-state index contributed by atoms with van der Waals surface area (Å²) in [7, 11) is 3.14. The Balaban J connectivity index is 3.20. The Kier molecular flexibility index (Phi) is 4.97. The van der Waals surface area contributed by atoms with Gasteiger partial charge in [-0.05, 0) is 24.6 Å². The van der Waals surface area contributed by atoms with E-state index >= 15 is 0 Å². The molecule has 0 radical (unpaired) electrons. The highest BCUT2D eigenvalue weighted by Gasteiger charge is 2.09. The first-order valence-corrected chi connectivity index (χ1v) is 5.68. The summed E-state index contributed by atoms with van der Waals surface area (Å²) in [5, 5.41) is 0.524. The van der Waals surface area contributed by atoms with Gasteiger partial charge >= 0.3 is 0 Å². The molecule has 0 fully saturated rings. The molecule has 0 aliphatic rings. The Hall–Kier alpha value is -0.860. The zero-order valence-corrected chi connectivity index (χ0v) is 11.0. The van der Waals surface area contributed by atoms with Crippen molar-refractivity contribution in [3.05, 3.63) is 28.3 Å². The van der Waals surface area contributed by atoms with Gasteiger partial charge in [-0.15, -0.1) is 11.6 Å². The zero-order valence-electron chi connectivity index (χ0n) is 9.51. The summed E-state index contributed by atoms with van der Waals surface area (Å²) in [4.78, 5) is 0. The van der Waals surface area contributed by atoms with E-state index in [4.69, 9.17) is 32.7 Å². The SMILES string of the molecule is COc1cc(C=C(C)CCl)cc(Cl)c1OC. The number of hydrogen-bond acceptors (Lipinski definition) is 2. The number of hydrogen-bond donors (Lipinski definition) is 0. The smallest absolute Gasteiger partial charge is 0.179 e. The van der Waals surface area contributed by atoms with Crippen LogP contribution in [0.15, 0.2) is 17.7 Å². The topological polar surface area (TPSA) is 18.5 Å². The third-order valence-corrected chi connectivity index (χ3v) is 2.78. The van der Waals surface area contributed by atoms with Gasteiger partial charge in [-0.2, -0.15) is 0 Å². The molecule has 0 aliphatic heterocycles. The van der Waals surface area contributed by atoms with Crippen molar-refractivity contribution in [1.29, 1.82) is 0 Å². The minimum Gasteiger partial charge on any atom is -0.493 e. The second-order valence-electron chi connectivity index (χ2n) is 3.36. The van der Waals surface area contributed by atoms with Gasteiger partial charge in [0.2, 0.25) is 0 Å². The van der Waals surface area contributed by atoms with Crippen molar-refractivity contribution in [2.45, 2.75) is 6.92 Å². The number of methoxy groups -OCH3 is 2. The summed E-state index contributed by atoms with van der Waals surface area (Å²) >= 11 is 11.8. The summed E-state index contributed by atoms with van der Waals surface area (Å²) in [5.74, 6) is 1.65. The molecule has 0 heterocycles. The first-order chi connectivity index (χ1) is 7.62. The van der Waals surface area contributed by atoms with Crippen LogP contribution in [0.3, 0.4) is 0 Å². The van der Waals surface area contributed by atoms with Crippen LogP contribution >= 0.6 is 23.2 Å². The van der Waals surface area contributed by atoms with Crippen LogP contribution in [0, 0.1) is 0 Å². The van der Waals surface area contributed by atoms with Crippen LogP contribution < -0.4 is 9.47 Å². The molecule has 16 heavy (non-hydrogen) atoms. The molecule has 1 aromatic carbocycles. The van der Waals surface area contributed by atoms with Crippen molar-refractivity contribution in [2.24, 2.45) is 0 Å². The molecule has 0 spiro atoms. The number of halogens is 2. The van der Waals surface area contributed by atoms with E-state index in [2.05, 4.69) is 0 Å². The van der Waals surface area contributed by atoms with Crippen molar-refractivity contribution in [3.8, 4) is 11.5 Å². The third-order valence-electron chi connectivity index (χ3n) is 2.08. The fraction of sp³-hybridized carbons (Fsp3) is 0.333. The average molecular weight is 261 g/mol. The summed E-state index contributed by atoms with van der Waals surface area (Å²) in [5.41, 5.74) is 2.01. The molecule has 0 atom stereocenters. The van der Waals surface area contributed by atoms with Gasteiger partial charge in [0.15, 0.2) is 11.5 Å². The first-order valence-electron chi connectivity index (χ1n) is 4.77. The molecule has 0 N–H and O–H groups in total. The predicted octanol–water partition coefficient (Wildman–Crippen LogP) is 4.00. The minimum absolute atomic E-state index is 0.492. The highest BCUT2D eigenvalue weighted by Crippen LogP contribution is 2.36. The van der Waals surface area contributed by atoms with Crippen LogP contribution in [0.5, 0.6) is 11.5 Å². The standard InChI is InChI=1S/C12H14Cl2O2/c1-8(7-13)4-9-5-10(14)12(16-3)11(6-9)15-2/h4-6H,7H2,1-3H3. The average Bonchev–Trinajstić information content (AvgIpc) is 2.28. The quantitative estimate of drug-likeness (QED) is 0.762. The molecule has 0 amide bonds. The lowest BCUT2D eigenvalue weighted by molar-refractivity contribution is 0.355. The van der Waals surface area contributed by atoms with Gasteiger partial charge in [-0.1, -0.05) is 23.3 Å². The van der Waals surface area contributed by atoms with Crippen LogP contribution in [0.1, 0.15) is 12.5 Å². The van der Waals surface area contributed by atoms with Gasteiger partial charge in [0.05, 0.1) is 19.2 Å². The van der Waals surface area contributed by atoms with Crippen molar-refractivity contribution >= 4 is 29.3 Å². The third kappa shape index (κ3) is 3.06. The van der Waals surface area contributed by atoms with E-state index in [1.807, 2.05) is 25.1 Å². The van der Waals surface area contributed by atoms with Crippen LogP contribution in [0.25, 0.3) is 6.08 Å². The molecule has 88 valence electrons. The van der Waals surface area contributed by atoms with Crippen molar-refractivity contribution in [1.82, 2.24) is 0 Å². The van der Waals surface area contributed by atoms with E-state index in [9.17, 15) is 0 Å². The fourth-order valence-corrected chi connectivity index (χ4v) is 1.72. The lowest BCUT2D eigenvalue weighted by atomic mass is 10.1. The maximum absolute atomic E-state index is 6.07. The molecule has 0 bridgehead atoms. The Morgan fingerprint density at radius 3 is 2.50 bits per heavy atom. The van der Waals surface area contributed by atoms with Crippen molar-refractivity contribution < 1.29 is 9.47 Å². The number of ether oxygens (including phenoxy) is 2. The highest BCUT2D eigenvalue weighted by molar-refractivity contribution is 6.32. The van der Waals surface area contributed by atoms with Crippen LogP contribution in [-0.4, -0.2) is 20.1 Å². The molecule has 0 unspecified atom stereocenters. The summed E-state index contributed by atoms with van der Waals surface area (Å²) in [6, 6.07) is 3.68. The molecule has 0 aromatic heterocycles. The number of rotatable bonds is 4. The molecular weight excluding hydrogens is 247 g/mol. The van der Waals surface area contributed by atoms with E-state index in [0.29, 0.717) is 22.4 Å². The van der Waals surface area contributed by atoms with E-state index < -0.39 is 0 Å². The molecule has 0 saturated heterocycles. The lowest BCUT2D eigenvalue weighted by Crippen LogP contribution is -1.92. The molecule has 4 heteroatoms. The summed E-state index contributed by atoms with van der Waals surface area (Å²) in [6.07, 6.45) is 1.96. The Morgan fingerprint density at radius 1 is 1.31 bits per heavy atom. The van der Waals surface area contributed by atoms with E-state index in [-0.39, 0.29) is 0 Å². The van der Waals surface area contributed by atoms with E-state index in [0.717, 1.165) is 11.1 Å². The second kappa shape index (κ2) is 6.02. The van der Waals surface area contributed by atoms with Crippen LogP contribution in [0.2, 0.25) is 5.02 Å². The number of allylic oxidation sites excluding steroid dienone is 1. The van der Waals surface area contributed by atoms with E-state index in [1.54, 1.807) is 14.2 Å². The Morgan fingerprint density at radius 2 is 2.00 bits per heavy atom. The maximum Gasteiger partial charge on any atom is 0.179 e. The van der Waals surface area contributed by atoms with Crippen LogP contribution in [-0.2, 0) is 0 Å². The normalized spacial score (nSPS) is 11.4. The van der Waals surface area contributed by atoms with Crippen molar-refractivity contribution in [3.63, 3.8) is 0 Å². The monoisotopic (exact) mass is 260 g/mol. The second-order valence-corrected chi connectivity index (χ2v) is 4.04. The molecule has 1 aromatic rings.